The van der Waals surface area contributed by atoms with Crippen LogP contribution in [0.4, 0.5) is 0 Å². The Hall–Kier alpha value is -2.07. The van der Waals surface area contributed by atoms with Gasteiger partial charge in [0.15, 0.2) is 0 Å². The van der Waals surface area contributed by atoms with Gasteiger partial charge in [-0.3, -0.25) is 4.79 Å². The highest BCUT2D eigenvalue weighted by atomic mass is 16.5. The molecule has 2 aromatic carbocycles. The number of hydrogen-bond acceptors (Lipinski definition) is 4. The summed E-state index contributed by atoms with van der Waals surface area (Å²) in [7, 11) is 3.04. The van der Waals surface area contributed by atoms with Gasteiger partial charge in [0.25, 0.3) is 0 Å². The van der Waals surface area contributed by atoms with E-state index in [9.17, 15) is 4.79 Å². The largest absolute Gasteiger partial charge is 0.496 e. The molecule has 0 bridgehead atoms. The lowest BCUT2D eigenvalue weighted by atomic mass is 10.0. The van der Waals surface area contributed by atoms with Crippen molar-refractivity contribution in [2.75, 3.05) is 14.2 Å². The molecule has 2 aromatic rings. The summed E-state index contributed by atoms with van der Waals surface area (Å²) < 4.78 is 10.1. The Morgan fingerprint density at radius 1 is 1.20 bits per heavy atom. The third-order valence-corrected chi connectivity index (χ3v) is 3.36. The van der Waals surface area contributed by atoms with Crippen molar-refractivity contribution in [3.63, 3.8) is 0 Å². The Morgan fingerprint density at radius 3 is 2.65 bits per heavy atom. The molecule has 106 valence electrons. The van der Waals surface area contributed by atoms with Crippen LogP contribution in [0.3, 0.4) is 0 Å². The fourth-order valence-electron chi connectivity index (χ4n) is 2.20. The van der Waals surface area contributed by atoms with Crippen molar-refractivity contribution in [1.29, 1.82) is 0 Å². The molecule has 0 aromatic heterocycles. The number of hydrogen-bond donors (Lipinski definition) is 1. The second-order valence-electron chi connectivity index (χ2n) is 4.59. The molecule has 1 N–H and O–H groups in total. The molecular formula is C16H19NO3. The molecule has 0 unspecified atom stereocenters. The Morgan fingerprint density at radius 2 is 1.95 bits per heavy atom. The number of methoxy groups -OCH3 is 2. The van der Waals surface area contributed by atoms with Gasteiger partial charge in [0.2, 0.25) is 0 Å². The van der Waals surface area contributed by atoms with E-state index in [1.54, 1.807) is 14.0 Å². The molecule has 0 spiro atoms. The van der Waals surface area contributed by atoms with Gasteiger partial charge in [0, 0.05) is 12.1 Å². The minimum atomic E-state index is -0.358. The molecule has 0 amide bonds. The maximum Gasteiger partial charge on any atom is 0.322 e. The van der Waals surface area contributed by atoms with Crippen LogP contribution in [0.1, 0.15) is 12.5 Å². The van der Waals surface area contributed by atoms with Crippen molar-refractivity contribution in [3.05, 3.63) is 42.0 Å². The molecular weight excluding hydrogens is 254 g/mol. The Bertz CT molecular complexity index is 610. The topological polar surface area (TPSA) is 47.6 Å². The molecule has 0 aliphatic carbocycles. The number of benzene rings is 2. The summed E-state index contributed by atoms with van der Waals surface area (Å²) in [5, 5.41) is 5.43. The van der Waals surface area contributed by atoms with Crippen molar-refractivity contribution < 1.29 is 14.3 Å². The van der Waals surface area contributed by atoms with Gasteiger partial charge in [-0.25, -0.2) is 0 Å². The standard InChI is InChI=1S/C16H19NO3/c1-11(16(18)20-3)17-10-14-13-7-5-4-6-12(13)8-9-15(14)19-2/h4-9,11,17H,10H2,1-3H3/t11-/m0/s1. The van der Waals surface area contributed by atoms with Crippen molar-refractivity contribution in [2.45, 2.75) is 19.5 Å². The quantitative estimate of drug-likeness (QED) is 0.850. The van der Waals surface area contributed by atoms with Crippen LogP contribution in [0.5, 0.6) is 5.75 Å². The highest BCUT2D eigenvalue weighted by molar-refractivity contribution is 5.87. The maximum absolute atomic E-state index is 11.4. The van der Waals surface area contributed by atoms with Gasteiger partial charge < -0.3 is 14.8 Å². The molecule has 1 atom stereocenters. The van der Waals surface area contributed by atoms with Gasteiger partial charge >= 0.3 is 5.97 Å². The molecule has 20 heavy (non-hydrogen) atoms. The number of nitrogens with one attached hydrogen (secondary N) is 1. The summed E-state index contributed by atoms with van der Waals surface area (Å²) in [6.07, 6.45) is 0. The van der Waals surface area contributed by atoms with Crippen LogP contribution in [-0.4, -0.2) is 26.2 Å². The molecule has 0 aliphatic heterocycles. The van der Waals surface area contributed by atoms with Crippen LogP contribution in [0.2, 0.25) is 0 Å². The summed E-state index contributed by atoms with van der Waals surface area (Å²) in [4.78, 5) is 11.4. The minimum Gasteiger partial charge on any atom is -0.496 e. The molecule has 0 aliphatic rings. The Balaban J connectivity index is 2.29. The average Bonchev–Trinajstić information content (AvgIpc) is 2.51. The van der Waals surface area contributed by atoms with E-state index in [1.165, 1.54) is 7.11 Å². The highest BCUT2D eigenvalue weighted by Gasteiger charge is 2.14. The minimum absolute atomic E-state index is 0.274. The lowest BCUT2D eigenvalue weighted by molar-refractivity contribution is -0.142. The molecule has 2 rings (SSSR count). The smallest absolute Gasteiger partial charge is 0.322 e. The number of esters is 1. The summed E-state index contributed by atoms with van der Waals surface area (Å²) in [6, 6.07) is 11.7. The van der Waals surface area contributed by atoms with Crippen LogP contribution in [-0.2, 0) is 16.1 Å². The van der Waals surface area contributed by atoms with Crippen molar-refractivity contribution >= 4 is 16.7 Å². The third kappa shape index (κ3) is 2.91. The highest BCUT2D eigenvalue weighted by Crippen LogP contribution is 2.27. The van der Waals surface area contributed by atoms with E-state index in [4.69, 9.17) is 9.47 Å². The van der Waals surface area contributed by atoms with E-state index in [2.05, 4.69) is 17.4 Å². The average molecular weight is 273 g/mol. The zero-order valence-corrected chi connectivity index (χ0v) is 12.0. The van der Waals surface area contributed by atoms with Gasteiger partial charge in [0.05, 0.1) is 14.2 Å². The number of carbonyl (C=O) groups excluding carboxylic acids is 1. The van der Waals surface area contributed by atoms with Crippen LogP contribution in [0.15, 0.2) is 36.4 Å². The van der Waals surface area contributed by atoms with Crippen LogP contribution in [0.25, 0.3) is 10.8 Å². The SMILES string of the molecule is COC(=O)[C@H](C)NCc1c(OC)ccc2ccccc12. The molecule has 4 heteroatoms. The first kappa shape index (κ1) is 14.3. The molecule has 0 radical (unpaired) electrons. The van der Waals surface area contributed by atoms with Crippen LogP contribution < -0.4 is 10.1 Å². The molecule has 0 fully saturated rings. The van der Waals surface area contributed by atoms with E-state index in [0.717, 1.165) is 22.1 Å². The third-order valence-electron chi connectivity index (χ3n) is 3.36. The fourth-order valence-corrected chi connectivity index (χ4v) is 2.20. The lowest BCUT2D eigenvalue weighted by Crippen LogP contribution is -2.34. The monoisotopic (exact) mass is 273 g/mol. The number of carbonyl (C=O) groups is 1. The maximum atomic E-state index is 11.4. The Labute approximate surface area is 118 Å². The van der Waals surface area contributed by atoms with E-state index < -0.39 is 0 Å². The predicted molar refractivity (Wildman–Crippen MR) is 78.8 cm³/mol. The fraction of sp³-hybridized carbons (Fsp3) is 0.312. The van der Waals surface area contributed by atoms with Crippen molar-refractivity contribution in [1.82, 2.24) is 5.32 Å². The number of rotatable bonds is 5. The van der Waals surface area contributed by atoms with Gasteiger partial charge in [-0.1, -0.05) is 30.3 Å². The first-order valence-electron chi connectivity index (χ1n) is 6.53. The van der Waals surface area contributed by atoms with Crippen molar-refractivity contribution in [3.8, 4) is 5.75 Å². The lowest BCUT2D eigenvalue weighted by Gasteiger charge is -2.15. The first-order valence-corrected chi connectivity index (χ1v) is 6.53. The van der Waals surface area contributed by atoms with Gasteiger partial charge in [-0.15, -0.1) is 0 Å². The van der Waals surface area contributed by atoms with Gasteiger partial charge in [-0.05, 0) is 23.8 Å². The van der Waals surface area contributed by atoms with Gasteiger partial charge in [0.1, 0.15) is 11.8 Å². The predicted octanol–water partition coefficient (Wildman–Crippen LogP) is 2.50. The number of ether oxygens (including phenoxy) is 2. The summed E-state index contributed by atoms with van der Waals surface area (Å²) >= 11 is 0. The summed E-state index contributed by atoms with van der Waals surface area (Å²) in [5.41, 5.74) is 1.04. The zero-order chi connectivity index (χ0) is 14.5. The van der Waals surface area contributed by atoms with Gasteiger partial charge in [-0.2, -0.15) is 0 Å². The van der Waals surface area contributed by atoms with E-state index in [-0.39, 0.29) is 12.0 Å². The molecule has 0 saturated heterocycles. The van der Waals surface area contributed by atoms with E-state index >= 15 is 0 Å². The van der Waals surface area contributed by atoms with Crippen LogP contribution >= 0.6 is 0 Å². The van der Waals surface area contributed by atoms with E-state index in [0.29, 0.717) is 6.54 Å². The first-order chi connectivity index (χ1) is 9.67. The second-order valence-corrected chi connectivity index (χ2v) is 4.59. The summed E-state index contributed by atoms with van der Waals surface area (Å²) in [5.74, 6) is 0.539. The Kier molecular flexibility index (Phi) is 4.58. The summed E-state index contributed by atoms with van der Waals surface area (Å²) in [6.45, 7) is 2.32. The molecule has 4 nitrogen and oxygen atoms in total. The molecule has 0 heterocycles. The second kappa shape index (κ2) is 6.39. The van der Waals surface area contributed by atoms with Crippen LogP contribution in [0, 0.1) is 0 Å². The normalized spacial score (nSPS) is 12.2. The molecule has 0 saturated carbocycles. The number of fused-ring (bicyclic) bond motifs is 1. The van der Waals surface area contributed by atoms with E-state index in [1.807, 2.05) is 24.3 Å². The zero-order valence-electron chi connectivity index (χ0n) is 12.0. The van der Waals surface area contributed by atoms with Crippen molar-refractivity contribution in [2.24, 2.45) is 0 Å².